The first-order chi connectivity index (χ1) is 11.3. The molecule has 4 heteroatoms. The Labute approximate surface area is 135 Å². The van der Waals surface area contributed by atoms with E-state index in [1.807, 2.05) is 43.5 Å². The van der Waals surface area contributed by atoms with E-state index in [-0.39, 0.29) is 5.91 Å². The molecule has 0 saturated carbocycles. The third kappa shape index (κ3) is 3.37. The molecule has 0 unspecified atom stereocenters. The lowest BCUT2D eigenvalue weighted by atomic mass is 10.2. The van der Waals surface area contributed by atoms with E-state index in [0.29, 0.717) is 24.5 Å². The van der Waals surface area contributed by atoms with Gasteiger partial charge in [-0.3, -0.25) is 4.79 Å². The Bertz CT molecular complexity index is 808. The molecule has 0 fully saturated rings. The zero-order valence-corrected chi connectivity index (χ0v) is 13.2. The molecule has 0 aliphatic rings. The molecule has 0 radical (unpaired) electrons. The van der Waals surface area contributed by atoms with Crippen molar-refractivity contribution in [2.45, 2.75) is 13.5 Å². The zero-order chi connectivity index (χ0) is 16.1. The highest BCUT2D eigenvalue weighted by Crippen LogP contribution is 2.18. The average Bonchev–Trinajstić information content (AvgIpc) is 2.99. The molecule has 1 heterocycles. The van der Waals surface area contributed by atoms with E-state index in [1.165, 1.54) is 10.9 Å². The summed E-state index contributed by atoms with van der Waals surface area (Å²) >= 11 is 0. The van der Waals surface area contributed by atoms with Crippen LogP contribution in [0.4, 0.5) is 0 Å². The topological polar surface area (TPSA) is 43.3 Å². The van der Waals surface area contributed by atoms with Gasteiger partial charge in [-0.25, -0.2) is 0 Å². The molecule has 2 aromatic carbocycles. The predicted octanol–water partition coefficient (Wildman–Crippen LogP) is 3.47. The monoisotopic (exact) mass is 308 g/mol. The predicted molar refractivity (Wildman–Crippen MR) is 91.9 cm³/mol. The summed E-state index contributed by atoms with van der Waals surface area (Å²) in [5, 5.41) is 4.17. The molecule has 23 heavy (non-hydrogen) atoms. The van der Waals surface area contributed by atoms with Gasteiger partial charge in [-0.05, 0) is 36.6 Å². The number of para-hydroxylation sites is 2. The largest absolute Gasteiger partial charge is 0.493 e. The fourth-order valence-electron chi connectivity index (χ4n) is 2.66. The van der Waals surface area contributed by atoms with E-state index in [4.69, 9.17) is 4.74 Å². The summed E-state index contributed by atoms with van der Waals surface area (Å²) < 4.78 is 7.64. The second-order valence-corrected chi connectivity index (χ2v) is 5.25. The average molecular weight is 308 g/mol. The highest BCUT2D eigenvalue weighted by molar-refractivity contribution is 5.96. The number of rotatable bonds is 6. The van der Waals surface area contributed by atoms with Crippen LogP contribution in [-0.2, 0) is 6.54 Å². The third-order valence-corrected chi connectivity index (χ3v) is 3.75. The van der Waals surface area contributed by atoms with Crippen LogP contribution in [0.3, 0.4) is 0 Å². The first-order valence-electron chi connectivity index (χ1n) is 7.83. The maximum absolute atomic E-state index is 12.3. The van der Waals surface area contributed by atoms with Gasteiger partial charge in [0, 0.05) is 24.8 Å². The van der Waals surface area contributed by atoms with Crippen LogP contribution in [0.15, 0.2) is 60.8 Å². The lowest BCUT2D eigenvalue weighted by Gasteiger charge is -2.11. The van der Waals surface area contributed by atoms with E-state index in [9.17, 15) is 4.79 Å². The van der Waals surface area contributed by atoms with Gasteiger partial charge in [0.15, 0.2) is 0 Å². The minimum atomic E-state index is -0.106. The van der Waals surface area contributed by atoms with Gasteiger partial charge >= 0.3 is 0 Å². The Morgan fingerprint density at radius 1 is 1.09 bits per heavy atom. The van der Waals surface area contributed by atoms with Gasteiger partial charge < -0.3 is 14.6 Å². The smallest absolute Gasteiger partial charge is 0.255 e. The van der Waals surface area contributed by atoms with Crippen molar-refractivity contribution in [2.24, 2.45) is 0 Å². The molecule has 0 bridgehead atoms. The number of aromatic nitrogens is 1. The summed E-state index contributed by atoms with van der Waals surface area (Å²) in [6, 6.07) is 17.6. The molecular formula is C19H20N2O2. The summed E-state index contributed by atoms with van der Waals surface area (Å²) in [6.45, 7) is 3.75. The Hall–Kier alpha value is -2.75. The molecule has 4 nitrogen and oxygen atoms in total. The van der Waals surface area contributed by atoms with Crippen molar-refractivity contribution < 1.29 is 9.53 Å². The quantitative estimate of drug-likeness (QED) is 0.757. The minimum absolute atomic E-state index is 0.106. The van der Waals surface area contributed by atoms with Crippen molar-refractivity contribution in [3.05, 3.63) is 66.4 Å². The first-order valence-corrected chi connectivity index (χ1v) is 7.83. The van der Waals surface area contributed by atoms with E-state index >= 15 is 0 Å². The van der Waals surface area contributed by atoms with Crippen LogP contribution in [-0.4, -0.2) is 23.6 Å². The van der Waals surface area contributed by atoms with Gasteiger partial charge in [0.25, 0.3) is 5.91 Å². The molecular weight excluding hydrogens is 288 g/mol. The van der Waals surface area contributed by atoms with Crippen molar-refractivity contribution in [3.63, 3.8) is 0 Å². The number of nitrogens with one attached hydrogen (secondary N) is 1. The van der Waals surface area contributed by atoms with Crippen LogP contribution in [0, 0.1) is 0 Å². The molecule has 1 aromatic heterocycles. The number of fused-ring (bicyclic) bond motifs is 1. The molecule has 1 N–H and O–H groups in total. The number of amides is 1. The molecule has 0 spiro atoms. The van der Waals surface area contributed by atoms with Crippen LogP contribution >= 0.6 is 0 Å². The fourth-order valence-corrected chi connectivity index (χ4v) is 2.66. The lowest BCUT2D eigenvalue weighted by molar-refractivity contribution is 0.0948. The van der Waals surface area contributed by atoms with Gasteiger partial charge in [-0.1, -0.05) is 30.3 Å². The van der Waals surface area contributed by atoms with Crippen molar-refractivity contribution >= 4 is 16.8 Å². The van der Waals surface area contributed by atoms with Crippen LogP contribution < -0.4 is 10.1 Å². The van der Waals surface area contributed by atoms with Gasteiger partial charge in [0.2, 0.25) is 0 Å². The van der Waals surface area contributed by atoms with Gasteiger partial charge in [0.05, 0.1) is 12.2 Å². The maximum atomic E-state index is 12.3. The SMILES string of the molecule is CCOc1ccccc1C(=O)NCCn1ccc2ccccc21. The number of ether oxygens (including phenoxy) is 1. The van der Waals surface area contributed by atoms with Crippen molar-refractivity contribution in [3.8, 4) is 5.75 Å². The normalized spacial score (nSPS) is 10.7. The molecule has 0 atom stereocenters. The Morgan fingerprint density at radius 2 is 1.87 bits per heavy atom. The second kappa shape index (κ2) is 7.01. The molecule has 118 valence electrons. The van der Waals surface area contributed by atoms with Gasteiger partial charge in [0.1, 0.15) is 5.75 Å². The van der Waals surface area contributed by atoms with E-state index in [2.05, 4.69) is 28.1 Å². The van der Waals surface area contributed by atoms with Crippen LogP contribution in [0.1, 0.15) is 17.3 Å². The van der Waals surface area contributed by atoms with Crippen molar-refractivity contribution in [1.29, 1.82) is 0 Å². The van der Waals surface area contributed by atoms with E-state index in [1.54, 1.807) is 6.07 Å². The highest BCUT2D eigenvalue weighted by Gasteiger charge is 2.11. The third-order valence-electron chi connectivity index (χ3n) is 3.75. The first kappa shape index (κ1) is 15.2. The summed E-state index contributed by atoms with van der Waals surface area (Å²) in [7, 11) is 0. The number of nitrogens with zero attached hydrogens (tertiary/aromatic N) is 1. The summed E-state index contributed by atoms with van der Waals surface area (Å²) in [4.78, 5) is 12.3. The standard InChI is InChI=1S/C19H20N2O2/c1-2-23-18-10-6-4-8-16(18)19(22)20-12-14-21-13-11-15-7-3-5-9-17(15)21/h3-11,13H,2,12,14H2,1H3,(H,20,22). The molecule has 1 amide bonds. The zero-order valence-electron chi connectivity index (χ0n) is 13.2. The fraction of sp³-hybridized carbons (Fsp3) is 0.211. The second-order valence-electron chi connectivity index (χ2n) is 5.25. The summed E-state index contributed by atoms with van der Waals surface area (Å²) in [5.41, 5.74) is 1.75. The summed E-state index contributed by atoms with van der Waals surface area (Å²) in [6.07, 6.45) is 2.05. The highest BCUT2D eigenvalue weighted by atomic mass is 16.5. The molecule has 0 aliphatic heterocycles. The number of benzene rings is 2. The number of hydrogen-bond donors (Lipinski definition) is 1. The Morgan fingerprint density at radius 3 is 2.74 bits per heavy atom. The molecule has 3 rings (SSSR count). The summed E-state index contributed by atoms with van der Waals surface area (Å²) in [5.74, 6) is 0.518. The molecule has 0 saturated heterocycles. The lowest BCUT2D eigenvalue weighted by Crippen LogP contribution is -2.27. The van der Waals surface area contributed by atoms with E-state index in [0.717, 1.165) is 6.54 Å². The van der Waals surface area contributed by atoms with Crippen LogP contribution in [0.25, 0.3) is 10.9 Å². The maximum Gasteiger partial charge on any atom is 0.255 e. The van der Waals surface area contributed by atoms with Gasteiger partial charge in [-0.15, -0.1) is 0 Å². The van der Waals surface area contributed by atoms with E-state index < -0.39 is 0 Å². The molecule has 0 aliphatic carbocycles. The van der Waals surface area contributed by atoms with Crippen LogP contribution in [0.2, 0.25) is 0 Å². The van der Waals surface area contributed by atoms with Gasteiger partial charge in [-0.2, -0.15) is 0 Å². The Balaban J connectivity index is 1.63. The van der Waals surface area contributed by atoms with Crippen molar-refractivity contribution in [2.75, 3.05) is 13.2 Å². The number of carbonyl (C=O) groups is 1. The Kier molecular flexibility index (Phi) is 4.62. The van der Waals surface area contributed by atoms with Crippen LogP contribution in [0.5, 0.6) is 5.75 Å². The van der Waals surface area contributed by atoms with Crippen molar-refractivity contribution in [1.82, 2.24) is 9.88 Å². The number of hydrogen-bond acceptors (Lipinski definition) is 2. The molecule has 3 aromatic rings. The number of carbonyl (C=O) groups excluding carboxylic acids is 1. The minimum Gasteiger partial charge on any atom is -0.493 e.